The predicted octanol–water partition coefficient (Wildman–Crippen LogP) is 1.60. The van der Waals surface area contributed by atoms with Gasteiger partial charge >= 0.3 is 11.4 Å². The van der Waals surface area contributed by atoms with Gasteiger partial charge in [-0.25, -0.2) is 4.79 Å². The number of aryl methyl sites for hydroxylation is 1. The van der Waals surface area contributed by atoms with Crippen LogP contribution < -0.4 is 5.76 Å². The van der Waals surface area contributed by atoms with Crippen molar-refractivity contribution in [2.45, 2.75) is 0 Å². The molecule has 0 atom stereocenters. The summed E-state index contributed by atoms with van der Waals surface area (Å²) in [6, 6.07) is 0.881. The van der Waals surface area contributed by atoms with Crippen molar-refractivity contribution in [3.8, 4) is 0 Å². The molecule has 1 heterocycles. The van der Waals surface area contributed by atoms with E-state index in [0.29, 0.717) is 0 Å². The number of nitrogens with zero attached hydrogens (tertiary/aromatic N) is 3. The smallest absolute Gasteiger partial charge is 0.407 e. The maximum absolute atomic E-state index is 11.3. The molecule has 1 aromatic heterocycles. The van der Waals surface area contributed by atoms with Crippen LogP contribution in [0.15, 0.2) is 15.3 Å². The molecule has 0 spiro atoms. The maximum atomic E-state index is 11.3. The third-order valence-corrected chi connectivity index (χ3v) is 2.72. The Hall–Kier alpha value is -2.42. The minimum absolute atomic E-state index is 0.194. The Morgan fingerprint density at radius 1 is 1.33 bits per heavy atom. The largest absolute Gasteiger partial charge is 0.419 e. The Morgan fingerprint density at radius 2 is 1.94 bits per heavy atom. The van der Waals surface area contributed by atoms with Gasteiger partial charge < -0.3 is 4.42 Å². The second-order valence-electron chi connectivity index (χ2n) is 3.35. The summed E-state index contributed by atoms with van der Waals surface area (Å²) in [5.74, 6) is -0.871. The lowest BCUT2D eigenvalue weighted by Gasteiger charge is -1.99. The maximum Gasteiger partial charge on any atom is 0.419 e. The van der Waals surface area contributed by atoms with Crippen molar-refractivity contribution in [3.63, 3.8) is 0 Å². The number of nitro benzene ring substituents is 2. The number of rotatable bonds is 2. The molecular weight excluding hydrogens is 270 g/mol. The number of hydrogen-bond donors (Lipinski definition) is 0. The van der Waals surface area contributed by atoms with E-state index in [1.807, 2.05) is 0 Å². The van der Waals surface area contributed by atoms with Crippen LogP contribution >= 0.6 is 11.6 Å². The van der Waals surface area contributed by atoms with Gasteiger partial charge in [-0.1, -0.05) is 11.6 Å². The van der Waals surface area contributed by atoms with E-state index < -0.39 is 32.0 Å². The van der Waals surface area contributed by atoms with Gasteiger partial charge in [0.05, 0.1) is 15.9 Å². The van der Waals surface area contributed by atoms with Crippen LogP contribution in [0.1, 0.15) is 0 Å². The molecule has 0 aliphatic rings. The van der Waals surface area contributed by atoms with E-state index in [4.69, 9.17) is 11.6 Å². The highest BCUT2D eigenvalue weighted by molar-refractivity contribution is 6.36. The normalized spacial score (nSPS) is 10.8. The highest BCUT2D eigenvalue weighted by Gasteiger charge is 2.31. The molecule has 10 heteroatoms. The van der Waals surface area contributed by atoms with E-state index in [1.54, 1.807) is 0 Å². The fourth-order valence-electron chi connectivity index (χ4n) is 1.55. The molecular formula is C8H4ClN3O6. The summed E-state index contributed by atoms with van der Waals surface area (Å²) in [6.45, 7) is 0. The molecule has 0 saturated carbocycles. The summed E-state index contributed by atoms with van der Waals surface area (Å²) < 4.78 is 5.54. The topological polar surface area (TPSA) is 121 Å². The quantitative estimate of drug-likeness (QED) is 0.605. The Kier molecular flexibility index (Phi) is 2.55. The van der Waals surface area contributed by atoms with E-state index >= 15 is 0 Å². The minimum atomic E-state index is -0.896. The first-order valence-electron chi connectivity index (χ1n) is 4.45. The first-order chi connectivity index (χ1) is 8.34. The van der Waals surface area contributed by atoms with Crippen molar-refractivity contribution in [3.05, 3.63) is 41.9 Å². The molecule has 0 fully saturated rings. The van der Waals surface area contributed by atoms with Crippen molar-refractivity contribution in [2.75, 3.05) is 0 Å². The molecule has 0 saturated heterocycles. The van der Waals surface area contributed by atoms with Gasteiger partial charge in [-0.3, -0.25) is 24.8 Å². The van der Waals surface area contributed by atoms with Crippen LogP contribution in [0, 0.1) is 20.2 Å². The molecule has 2 rings (SSSR count). The molecule has 9 nitrogen and oxygen atoms in total. The minimum Gasteiger partial charge on any atom is -0.407 e. The van der Waals surface area contributed by atoms with Gasteiger partial charge in [0.25, 0.3) is 5.69 Å². The molecule has 0 N–H and O–H groups in total. The first kappa shape index (κ1) is 12.0. The zero-order valence-electron chi connectivity index (χ0n) is 8.75. The van der Waals surface area contributed by atoms with Crippen LogP contribution in [-0.2, 0) is 7.05 Å². The summed E-state index contributed by atoms with van der Waals surface area (Å²) in [5, 5.41) is 21.0. The summed E-state index contributed by atoms with van der Waals surface area (Å²) in [7, 11) is 1.24. The Labute approximate surface area is 102 Å². The average molecular weight is 274 g/mol. The van der Waals surface area contributed by atoms with Gasteiger partial charge in [-0.2, -0.15) is 0 Å². The van der Waals surface area contributed by atoms with Crippen LogP contribution in [0.5, 0.6) is 0 Å². The summed E-state index contributed by atoms with van der Waals surface area (Å²) in [6.07, 6.45) is 0. The summed E-state index contributed by atoms with van der Waals surface area (Å²) in [4.78, 5) is 31.1. The number of hydrogen-bond acceptors (Lipinski definition) is 6. The van der Waals surface area contributed by atoms with Crippen LogP contribution in [-0.4, -0.2) is 14.4 Å². The van der Waals surface area contributed by atoms with Crippen molar-refractivity contribution in [1.29, 1.82) is 0 Å². The molecule has 2 aromatic rings. The van der Waals surface area contributed by atoms with Crippen LogP contribution in [0.25, 0.3) is 11.1 Å². The molecule has 1 aromatic carbocycles. The van der Waals surface area contributed by atoms with E-state index in [1.165, 1.54) is 7.05 Å². The highest BCUT2D eigenvalue weighted by Crippen LogP contribution is 2.39. The summed E-state index contributed by atoms with van der Waals surface area (Å²) in [5.41, 5.74) is -1.87. The number of oxazole rings is 1. The van der Waals surface area contributed by atoms with Gasteiger partial charge in [0.2, 0.25) is 0 Å². The van der Waals surface area contributed by atoms with Gasteiger partial charge in [-0.15, -0.1) is 0 Å². The van der Waals surface area contributed by atoms with Crippen molar-refractivity contribution < 1.29 is 14.3 Å². The van der Waals surface area contributed by atoms with Crippen molar-refractivity contribution in [2.24, 2.45) is 7.05 Å². The van der Waals surface area contributed by atoms with E-state index in [9.17, 15) is 25.0 Å². The van der Waals surface area contributed by atoms with Crippen molar-refractivity contribution >= 4 is 34.1 Å². The molecule has 0 amide bonds. The second-order valence-corrected chi connectivity index (χ2v) is 3.72. The molecule has 0 radical (unpaired) electrons. The molecule has 0 unspecified atom stereocenters. The Bertz CT molecular complexity index is 745. The number of nitro groups is 2. The standard InChI is InChI=1S/C8H4ClN3O6/c1-10-6-4(18-8(10)13)2-3(11(14)15)5(9)7(6)12(16)17/h2H,1H3. The zero-order chi connectivity index (χ0) is 13.6. The third kappa shape index (κ3) is 1.52. The average Bonchev–Trinajstić information content (AvgIpc) is 2.54. The number of halogens is 1. The van der Waals surface area contributed by atoms with E-state index in [0.717, 1.165) is 10.6 Å². The molecule has 0 bridgehead atoms. The van der Waals surface area contributed by atoms with Crippen molar-refractivity contribution in [1.82, 2.24) is 4.57 Å². The van der Waals surface area contributed by atoms with Gasteiger partial charge in [0.15, 0.2) is 16.1 Å². The number of fused-ring (bicyclic) bond motifs is 1. The monoisotopic (exact) mass is 273 g/mol. The van der Waals surface area contributed by atoms with Crippen LogP contribution in [0.2, 0.25) is 5.02 Å². The fraction of sp³-hybridized carbons (Fsp3) is 0.125. The molecule has 18 heavy (non-hydrogen) atoms. The summed E-state index contributed by atoms with van der Waals surface area (Å²) >= 11 is 5.62. The second kappa shape index (κ2) is 3.81. The van der Waals surface area contributed by atoms with Crippen LogP contribution in [0.3, 0.4) is 0 Å². The van der Waals surface area contributed by atoms with Crippen LogP contribution in [0.4, 0.5) is 11.4 Å². The Balaban J connectivity index is 3.07. The zero-order valence-corrected chi connectivity index (χ0v) is 9.50. The van der Waals surface area contributed by atoms with E-state index in [-0.39, 0.29) is 11.1 Å². The number of aromatic nitrogens is 1. The molecule has 0 aliphatic heterocycles. The first-order valence-corrected chi connectivity index (χ1v) is 4.83. The SMILES string of the molecule is Cn1c(=O)oc2cc([N+](=O)[O-])c(Cl)c([N+](=O)[O-])c21. The molecule has 0 aliphatic carbocycles. The third-order valence-electron chi connectivity index (χ3n) is 2.34. The van der Waals surface area contributed by atoms with Gasteiger partial charge in [0, 0.05) is 7.05 Å². The number of benzene rings is 1. The van der Waals surface area contributed by atoms with Gasteiger partial charge in [-0.05, 0) is 0 Å². The Morgan fingerprint density at radius 3 is 2.44 bits per heavy atom. The lowest BCUT2D eigenvalue weighted by atomic mass is 10.2. The highest BCUT2D eigenvalue weighted by atomic mass is 35.5. The molecule has 94 valence electrons. The predicted molar refractivity (Wildman–Crippen MR) is 59.8 cm³/mol. The van der Waals surface area contributed by atoms with Gasteiger partial charge in [0.1, 0.15) is 0 Å². The lowest BCUT2D eigenvalue weighted by Crippen LogP contribution is -2.09. The fourth-order valence-corrected chi connectivity index (χ4v) is 1.84. The lowest BCUT2D eigenvalue weighted by molar-refractivity contribution is -0.392. The van der Waals surface area contributed by atoms with E-state index in [2.05, 4.69) is 4.42 Å².